The van der Waals surface area contributed by atoms with Gasteiger partial charge in [-0.15, -0.1) is 6.42 Å². The van der Waals surface area contributed by atoms with Crippen LogP contribution in [0.4, 0.5) is 4.39 Å². The van der Waals surface area contributed by atoms with Crippen LogP contribution < -0.4 is 16.1 Å². The molecule has 0 saturated heterocycles. The van der Waals surface area contributed by atoms with Crippen LogP contribution in [0.3, 0.4) is 0 Å². The van der Waals surface area contributed by atoms with Gasteiger partial charge in [-0.1, -0.05) is 17.3 Å². The average Bonchev–Trinajstić information content (AvgIpc) is 2.81. The largest absolute Gasteiger partial charge is 0.335 e. The maximum absolute atomic E-state index is 14.5. The van der Waals surface area contributed by atoms with Crippen molar-refractivity contribution in [2.24, 2.45) is 7.05 Å². The van der Waals surface area contributed by atoms with Gasteiger partial charge in [-0.3, -0.25) is 14.2 Å². The molecule has 2 aromatic heterocycles. The van der Waals surface area contributed by atoms with Crippen LogP contribution in [-0.2, 0) is 13.6 Å². The lowest BCUT2D eigenvalue weighted by Gasteiger charge is -2.10. The van der Waals surface area contributed by atoms with Gasteiger partial charge in [0, 0.05) is 18.8 Å². The number of thiazole rings is 1. The lowest BCUT2D eigenvalue weighted by atomic mass is 10.2. The highest BCUT2D eigenvalue weighted by Crippen LogP contribution is 2.23. The zero-order chi connectivity index (χ0) is 17.6. The molecule has 122 valence electrons. The molecular weight excluding hydrogens is 333 g/mol. The summed E-state index contributed by atoms with van der Waals surface area (Å²) < 4.78 is 18.1. The van der Waals surface area contributed by atoms with Crippen molar-refractivity contribution in [1.82, 2.24) is 13.7 Å². The van der Waals surface area contributed by atoms with E-state index < -0.39 is 17.1 Å². The number of halogens is 1. The maximum Gasteiger partial charge on any atom is 0.335 e. The first-order valence-electron chi connectivity index (χ1n) is 6.91. The molecule has 0 N–H and O–H groups in total. The summed E-state index contributed by atoms with van der Waals surface area (Å²) in [5.74, 6) is 1.59. The minimum Gasteiger partial charge on any atom is -0.301 e. The minimum atomic E-state index is -0.764. The number of terminal acetylenes is 1. The van der Waals surface area contributed by atoms with E-state index in [9.17, 15) is 18.8 Å². The highest BCUT2D eigenvalue weighted by Gasteiger charge is 2.16. The topological polar surface area (TPSA) is 66.0 Å². The maximum atomic E-state index is 14.5. The van der Waals surface area contributed by atoms with Crippen LogP contribution in [0.5, 0.6) is 0 Å². The van der Waals surface area contributed by atoms with Gasteiger partial charge in [0.2, 0.25) is 0 Å². The molecule has 2 heterocycles. The Kier molecular flexibility index (Phi) is 3.73. The second-order valence-corrected chi connectivity index (χ2v) is 6.22. The molecule has 0 bridgehead atoms. The second kappa shape index (κ2) is 5.62. The molecule has 3 aromatic rings. The first kappa shape index (κ1) is 16.0. The summed E-state index contributed by atoms with van der Waals surface area (Å²) >= 11 is 0.852. The minimum absolute atomic E-state index is 0.0186. The summed E-state index contributed by atoms with van der Waals surface area (Å²) in [5.41, 5.74) is -0.678. The highest BCUT2D eigenvalue weighted by atomic mass is 32.1. The number of benzene rings is 1. The van der Waals surface area contributed by atoms with Crippen LogP contribution in [-0.4, -0.2) is 13.7 Å². The van der Waals surface area contributed by atoms with Gasteiger partial charge in [-0.2, -0.15) is 0 Å². The van der Waals surface area contributed by atoms with Gasteiger partial charge < -0.3 is 4.57 Å². The molecule has 1 aromatic carbocycles. The van der Waals surface area contributed by atoms with Gasteiger partial charge in [-0.25, -0.2) is 13.8 Å². The number of hydrogen-bond acceptors (Lipinski definition) is 4. The first-order valence-corrected chi connectivity index (χ1v) is 7.73. The van der Waals surface area contributed by atoms with E-state index in [1.54, 1.807) is 6.92 Å². The standard InChI is InChI=1S/C16H12FN3O3S/c1-4-5-19-12-8-11(10(17)7-13(12)24-16(19)23)20-14(21)6-9(2)18(3)15(20)22/h1,6-8H,5H2,2-3H3. The van der Waals surface area contributed by atoms with E-state index >= 15 is 0 Å². The van der Waals surface area contributed by atoms with Gasteiger partial charge in [0.1, 0.15) is 5.82 Å². The molecule has 0 aliphatic carbocycles. The molecule has 24 heavy (non-hydrogen) atoms. The molecule has 6 nitrogen and oxygen atoms in total. The molecular formula is C16H12FN3O3S. The van der Waals surface area contributed by atoms with Crippen LogP contribution in [0, 0.1) is 25.1 Å². The van der Waals surface area contributed by atoms with E-state index in [-0.39, 0.29) is 17.1 Å². The smallest absolute Gasteiger partial charge is 0.301 e. The lowest BCUT2D eigenvalue weighted by Crippen LogP contribution is -2.38. The van der Waals surface area contributed by atoms with E-state index in [1.807, 2.05) is 0 Å². The van der Waals surface area contributed by atoms with Gasteiger partial charge in [0.25, 0.3) is 5.56 Å². The monoisotopic (exact) mass is 345 g/mol. The molecule has 3 rings (SSSR count). The number of nitrogens with zero attached hydrogens (tertiary/aromatic N) is 3. The Bertz CT molecular complexity index is 1190. The van der Waals surface area contributed by atoms with Crippen molar-refractivity contribution >= 4 is 21.6 Å². The van der Waals surface area contributed by atoms with Gasteiger partial charge >= 0.3 is 10.6 Å². The Labute approximate surface area is 139 Å². The van der Waals surface area contributed by atoms with Crippen molar-refractivity contribution in [2.75, 3.05) is 0 Å². The van der Waals surface area contributed by atoms with E-state index in [0.29, 0.717) is 15.9 Å². The summed E-state index contributed by atoms with van der Waals surface area (Å²) in [5, 5.41) is 0. The number of aromatic nitrogens is 3. The first-order chi connectivity index (χ1) is 11.3. The molecule has 0 fully saturated rings. The summed E-state index contributed by atoms with van der Waals surface area (Å²) in [6.07, 6.45) is 5.26. The summed E-state index contributed by atoms with van der Waals surface area (Å²) in [7, 11) is 1.49. The van der Waals surface area contributed by atoms with Crippen LogP contribution in [0.2, 0.25) is 0 Å². The van der Waals surface area contributed by atoms with E-state index in [0.717, 1.165) is 22.0 Å². The van der Waals surface area contributed by atoms with Crippen LogP contribution in [0.25, 0.3) is 15.9 Å². The summed E-state index contributed by atoms with van der Waals surface area (Å²) in [6.45, 7) is 1.63. The summed E-state index contributed by atoms with van der Waals surface area (Å²) in [4.78, 5) is 36.2. The Morgan fingerprint density at radius 1 is 1.25 bits per heavy atom. The zero-order valence-electron chi connectivity index (χ0n) is 12.9. The molecule has 0 aliphatic heterocycles. The number of aryl methyl sites for hydroxylation is 1. The molecule has 0 amide bonds. The number of fused-ring (bicyclic) bond motifs is 1. The van der Waals surface area contributed by atoms with E-state index in [4.69, 9.17) is 6.42 Å². The number of rotatable bonds is 2. The highest BCUT2D eigenvalue weighted by molar-refractivity contribution is 7.16. The lowest BCUT2D eigenvalue weighted by molar-refractivity contribution is 0.606. The van der Waals surface area contributed by atoms with Crippen LogP contribution in [0.1, 0.15) is 5.69 Å². The number of hydrogen-bond donors (Lipinski definition) is 0. The zero-order valence-corrected chi connectivity index (χ0v) is 13.7. The third-order valence-corrected chi connectivity index (χ3v) is 4.73. The van der Waals surface area contributed by atoms with Crippen molar-refractivity contribution in [3.8, 4) is 18.0 Å². The SMILES string of the molecule is C#CCn1c(=O)sc2cc(F)c(-n3c(=O)cc(C)n(C)c3=O)cc21. The Morgan fingerprint density at radius 2 is 1.96 bits per heavy atom. The van der Waals surface area contributed by atoms with Gasteiger partial charge in [-0.05, 0) is 19.1 Å². The molecule has 0 saturated carbocycles. The van der Waals surface area contributed by atoms with Crippen LogP contribution in [0.15, 0.2) is 32.6 Å². The molecule has 0 aliphatic rings. The van der Waals surface area contributed by atoms with E-state index in [2.05, 4.69) is 5.92 Å². The fraction of sp³-hybridized carbons (Fsp3) is 0.188. The predicted octanol–water partition coefficient (Wildman–Crippen LogP) is 0.993. The fourth-order valence-corrected chi connectivity index (χ4v) is 3.34. The third kappa shape index (κ3) is 2.30. The molecule has 0 atom stereocenters. The quantitative estimate of drug-likeness (QED) is 0.651. The van der Waals surface area contributed by atoms with Crippen molar-refractivity contribution in [1.29, 1.82) is 0 Å². The third-order valence-electron chi connectivity index (χ3n) is 3.79. The predicted molar refractivity (Wildman–Crippen MR) is 90.5 cm³/mol. The summed E-state index contributed by atoms with van der Waals surface area (Å²) in [6, 6.07) is 3.68. The molecule has 0 spiro atoms. The average molecular weight is 345 g/mol. The molecule has 8 heteroatoms. The molecule has 0 radical (unpaired) electrons. The normalized spacial score (nSPS) is 10.9. The van der Waals surface area contributed by atoms with Crippen molar-refractivity contribution in [3.63, 3.8) is 0 Å². The van der Waals surface area contributed by atoms with Crippen LogP contribution >= 0.6 is 11.3 Å². The molecule has 0 unspecified atom stereocenters. The Morgan fingerprint density at radius 3 is 2.62 bits per heavy atom. The second-order valence-electron chi connectivity index (χ2n) is 5.23. The van der Waals surface area contributed by atoms with Crippen molar-refractivity contribution in [3.05, 3.63) is 60.2 Å². The Balaban J connectivity index is 2.43. The van der Waals surface area contributed by atoms with Crippen molar-refractivity contribution in [2.45, 2.75) is 13.5 Å². The van der Waals surface area contributed by atoms with Crippen molar-refractivity contribution < 1.29 is 4.39 Å². The fourth-order valence-electron chi connectivity index (χ4n) is 2.44. The van der Waals surface area contributed by atoms with E-state index in [1.165, 1.54) is 28.3 Å². The van der Waals surface area contributed by atoms with Gasteiger partial charge in [0.15, 0.2) is 0 Å². The van der Waals surface area contributed by atoms with Gasteiger partial charge in [0.05, 0.1) is 22.4 Å². The Hall–Kier alpha value is -2.92.